The van der Waals surface area contributed by atoms with E-state index in [1.807, 2.05) is 6.08 Å². The summed E-state index contributed by atoms with van der Waals surface area (Å²) in [5.41, 5.74) is -0.490. The number of allylic oxidation sites excluding steroid dienone is 2. The van der Waals surface area contributed by atoms with Crippen LogP contribution in [0.5, 0.6) is 0 Å². The van der Waals surface area contributed by atoms with Crippen molar-refractivity contribution in [2.75, 3.05) is 6.61 Å². The van der Waals surface area contributed by atoms with Gasteiger partial charge in [0.2, 0.25) is 0 Å². The van der Waals surface area contributed by atoms with Crippen LogP contribution in [0.15, 0.2) is 12.2 Å². The van der Waals surface area contributed by atoms with Gasteiger partial charge in [-0.1, -0.05) is 12.2 Å². The van der Waals surface area contributed by atoms with Crippen molar-refractivity contribution in [1.82, 2.24) is 5.32 Å². The molecule has 1 unspecified atom stereocenters. The second-order valence-electron chi connectivity index (χ2n) is 5.05. The molecule has 0 radical (unpaired) electrons. The first kappa shape index (κ1) is 12.1. The first-order valence-electron chi connectivity index (χ1n) is 6.22. The normalized spacial score (nSPS) is 27.6. The van der Waals surface area contributed by atoms with E-state index in [0.717, 1.165) is 25.7 Å². The largest absolute Gasteiger partial charge is 0.448 e. The molecular weight excluding hydrogens is 218 g/mol. The van der Waals surface area contributed by atoms with Crippen LogP contribution in [0.1, 0.15) is 39.0 Å². The summed E-state index contributed by atoms with van der Waals surface area (Å²) in [4.78, 5) is 23.2. The van der Waals surface area contributed by atoms with Gasteiger partial charge in [0.25, 0.3) is 0 Å². The van der Waals surface area contributed by atoms with Crippen molar-refractivity contribution < 1.29 is 14.3 Å². The number of carbonyl (C=O) groups excluding carboxylic acids is 2. The Morgan fingerprint density at radius 3 is 2.71 bits per heavy atom. The molecule has 1 amide bonds. The molecule has 0 aliphatic heterocycles. The number of rotatable bonds is 4. The van der Waals surface area contributed by atoms with Crippen LogP contribution in [-0.4, -0.2) is 24.5 Å². The lowest BCUT2D eigenvalue weighted by atomic mass is 9.75. The van der Waals surface area contributed by atoms with Crippen LogP contribution in [-0.2, 0) is 9.53 Å². The molecule has 2 aliphatic carbocycles. The molecule has 0 aromatic rings. The van der Waals surface area contributed by atoms with E-state index in [0.29, 0.717) is 12.5 Å². The lowest BCUT2D eigenvalue weighted by Crippen LogP contribution is -2.38. The van der Waals surface area contributed by atoms with Gasteiger partial charge in [-0.2, -0.15) is 0 Å². The second-order valence-corrected chi connectivity index (χ2v) is 5.05. The van der Waals surface area contributed by atoms with Gasteiger partial charge in [-0.25, -0.2) is 4.79 Å². The maximum absolute atomic E-state index is 11.7. The Balaban J connectivity index is 1.86. The summed E-state index contributed by atoms with van der Waals surface area (Å²) in [6, 6.07) is 0.294. The summed E-state index contributed by atoms with van der Waals surface area (Å²) in [6.07, 6.45) is 8.11. The van der Waals surface area contributed by atoms with Gasteiger partial charge in [-0.3, -0.25) is 4.79 Å². The van der Waals surface area contributed by atoms with Crippen LogP contribution in [0, 0.1) is 5.41 Å². The third-order valence-corrected chi connectivity index (χ3v) is 3.59. The summed E-state index contributed by atoms with van der Waals surface area (Å²) in [7, 11) is 0. The molecule has 1 saturated carbocycles. The number of carbonyl (C=O) groups is 2. The third kappa shape index (κ3) is 3.08. The lowest BCUT2D eigenvalue weighted by molar-refractivity contribution is -0.129. The highest BCUT2D eigenvalue weighted by molar-refractivity contribution is 5.83. The van der Waals surface area contributed by atoms with Crippen molar-refractivity contribution in [3.8, 4) is 0 Å². The number of ketones is 1. The SMILES string of the molecule is CC(=O)C1(COC(=O)NC2CC2)CC=CCC1. The minimum atomic E-state index is -0.490. The van der Waals surface area contributed by atoms with Crippen molar-refractivity contribution in [2.45, 2.75) is 45.1 Å². The highest BCUT2D eigenvalue weighted by atomic mass is 16.5. The van der Waals surface area contributed by atoms with Gasteiger partial charge in [0.05, 0.1) is 5.41 Å². The number of ether oxygens (including phenoxy) is 1. The molecule has 2 aliphatic rings. The average Bonchev–Trinajstić information content (AvgIpc) is 3.11. The number of alkyl carbamates (subject to hydrolysis) is 1. The molecule has 0 saturated heterocycles. The van der Waals surface area contributed by atoms with E-state index < -0.39 is 5.41 Å². The summed E-state index contributed by atoms with van der Waals surface area (Å²) in [5.74, 6) is 0.112. The first-order valence-corrected chi connectivity index (χ1v) is 6.22. The zero-order chi connectivity index (χ0) is 12.3. The lowest BCUT2D eigenvalue weighted by Gasteiger charge is -2.31. The first-order chi connectivity index (χ1) is 8.12. The number of hydrogen-bond donors (Lipinski definition) is 1. The molecule has 17 heavy (non-hydrogen) atoms. The highest BCUT2D eigenvalue weighted by Crippen LogP contribution is 2.34. The van der Waals surface area contributed by atoms with Gasteiger partial charge in [-0.05, 0) is 39.0 Å². The van der Waals surface area contributed by atoms with Crippen molar-refractivity contribution in [2.24, 2.45) is 5.41 Å². The van der Waals surface area contributed by atoms with Crippen LogP contribution < -0.4 is 5.32 Å². The Hall–Kier alpha value is -1.32. The predicted octanol–water partition coefficient (Wildman–Crippen LogP) is 2.19. The predicted molar refractivity (Wildman–Crippen MR) is 63.6 cm³/mol. The maximum Gasteiger partial charge on any atom is 0.407 e. The molecule has 2 rings (SSSR count). The van der Waals surface area contributed by atoms with Gasteiger partial charge >= 0.3 is 6.09 Å². The Morgan fingerprint density at radius 2 is 2.18 bits per heavy atom. The van der Waals surface area contributed by atoms with Crippen LogP contribution in [0.3, 0.4) is 0 Å². The van der Waals surface area contributed by atoms with Crippen LogP contribution in [0.4, 0.5) is 4.79 Å². The molecular formula is C13H19NO3. The van der Waals surface area contributed by atoms with Gasteiger partial charge in [0.1, 0.15) is 12.4 Å². The van der Waals surface area contributed by atoms with E-state index in [1.54, 1.807) is 6.92 Å². The highest BCUT2D eigenvalue weighted by Gasteiger charge is 2.37. The van der Waals surface area contributed by atoms with Crippen molar-refractivity contribution in [1.29, 1.82) is 0 Å². The Labute approximate surface area is 101 Å². The van der Waals surface area contributed by atoms with E-state index in [1.165, 1.54) is 0 Å². The zero-order valence-electron chi connectivity index (χ0n) is 10.2. The van der Waals surface area contributed by atoms with Gasteiger partial charge in [-0.15, -0.1) is 0 Å². The fraction of sp³-hybridized carbons (Fsp3) is 0.692. The molecule has 1 N–H and O–H groups in total. The maximum atomic E-state index is 11.7. The molecule has 94 valence electrons. The standard InChI is InChI=1S/C13H19NO3/c1-10(15)13(7-3-2-4-8-13)9-17-12(16)14-11-5-6-11/h2-3,11H,4-9H2,1H3,(H,14,16). The number of hydrogen-bond acceptors (Lipinski definition) is 3. The number of nitrogens with one attached hydrogen (secondary N) is 1. The summed E-state index contributed by atoms with van der Waals surface area (Å²) in [5, 5.41) is 2.76. The zero-order valence-corrected chi connectivity index (χ0v) is 10.2. The van der Waals surface area contributed by atoms with Gasteiger partial charge in [0.15, 0.2) is 0 Å². The van der Waals surface area contributed by atoms with Crippen LogP contribution >= 0.6 is 0 Å². The van der Waals surface area contributed by atoms with Gasteiger partial charge < -0.3 is 10.1 Å². The summed E-state index contributed by atoms with van der Waals surface area (Å²) >= 11 is 0. The Morgan fingerprint density at radius 1 is 1.41 bits per heavy atom. The molecule has 1 fully saturated rings. The van der Waals surface area contributed by atoms with E-state index in [4.69, 9.17) is 4.74 Å². The molecule has 1 atom stereocenters. The molecule has 4 nitrogen and oxygen atoms in total. The van der Waals surface area contributed by atoms with E-state index in [9.17, 15) is 9.59 Å². The van der Waals surface area contributed by atoms with Crippen molar-refractivity contribution in [3.63, 3.8) is 0 Å². The molecule has 0 aromatic carbocycles. The minimum absolute atomic E-state index is 0.112. The molecule has 0 aromatic heterocycles. The number of Topliss-reactive ketones (excluding diaryl/α,β-unsaturated/α-hetero) is 1. The topological polar surface area (TPSA) is 55.4 Å². The molecule has 0 bridgehead atoms. The smallest absolute Gasteiger partial charge is 0.407 e. The van der Waals surface area contributed by atoms with E-state index in [2.05, 4.69) is 11.4 Å². The van der Waals surface area contributed by atoms with Crippen LogP contribution in [0.2, 0.25) is 0 Å². The van der Waals surface area contributed by atoms with Gasteiger partial charge in [0, 0.05) is 6.04 Å². The summed E-state index contributed by atoms with van der Waals surface area (Å²) in [6.45, 7) is 1.78. The average molecular weight is 237 g/mol. The molecule has 0 heterocycles. The summed E-state index contributed by atoms with van der Waals surface area (Å²) < 4.78 is 5.19. The van der Waals surface area contributed by atoms with Crippen LogP contribution in [0.25, 0.3) is 0 Å². The number of amides is 1. The Bertz CT molecular complexity index is 347. The van der Waals surface area contributed by atoms with E-state index in [-0.39, 0.29) is 18.5 Å². The van der Waals surface area contributed by atoms with Crippen molar-refractivity contribution in [3.05, 3.63) is 12.2 Å². The fourth-order valence-electron chi connectivity index (χ4n) is 2.08. The Kier molecular flexibility index (Phi) is 3.50. The second kappa shape index (κ2) is 4.90. The molecule has 4 heteroatoms. The minimum Gasteiger partial charge on any atom is -0.448 e. The van der Waals surface area contributed by atoms with Crippen molar-refractivity contribution >= 4 is 11.9 Å². The third-order valence-electron chi connectivity index (χ3n) is 3.59. The molecule has 0 spiro atoms. The van der Waals surface area contributed by atoms with E-state index >= 15 is 0 Å². The monoisotopic (exact) mass is 237 g/mol. The fourth-order valence-corrected chi connectivity index (χ4v) is 2.08. The quantitative estimate of drug-likeness (QED) is 0.762.